The quantitative estimate of drug-likeness (QED) is 0.712. The van der Waals surface area contributed by atoms with Crippen molar-refractivity contribution in [2.45, 2.75) is 19.4 Å². The molecule has 0 saturated heterocycles. The second kappa shape index (κ2) is 7.45. The van der Waals surface area contributed by atoms with Crippen LogP contribution in [0.2, 0.25) is 0 Å². The molecular weight excluding hydrogens is 377 g/mol. The van der Waals surface area contributed by atoms with Gasteiger partial charge in [-0.25, -0.2) is 9.18 Å². The molecule has 0 saturated carbocycles. The molecule has 124 valence electrons. The summed E-state index contributed by atoms with van der Waals surface area (Å²) in [4.78, 5) is 12.5. The highest BCUT2D eigenvalue weighted by molar-refractivity contribution is 9.10. The Morgan fingerprint density at radius 3 is 2.62 bits per heavy atom. The molecule has 0 aliphatic rings. The van der Waals surface area contributed by atoms with Crippen molar-refractivity contribution in [1.29, 1.82) is 5.26 Å². The molecule has 24 heavy (non-hydrogen) atoms. The van der Waals surface area contributed by atoms with E-state index in [0.29, 0.717) is 10.2 Å². The van der Waals surface area contributed by atoms with Crippen LogP contribution in [0.4, 0.5) is 4.39 Å². The van der Waals surface area contributed by atoms with Gasteiger partial charge in [0.25, 0.3) is 0 Å². The van der Waals surface area contributed by atoms with Crippen LogP contribution in [-0.4, -0.2) is 12.6 Å². The van der Waals surface area contributed by atoms with Crippen LogP contribution in [0, 0.1) is 17.1 Å². The molecule has 4 nitrogen and oxygen atoms in total. The lowest BCUT2D eigenvalue weighted by molar-refractivity contribution is -0.161. The Hall–Kier alpha value is -2.39. The van der Waals surface area contributed by atoms with Gasteiger partial charge in [-0.05, 0) is 54.0 Å². The van der Waals surface area contributed by atoms with Crippen LogP contribution < -0.4 is 4.74 Å². The van der Waals surface area contributed by atoms with Gasteiger partial charge >= 0.3 is 5.97 Å². The van der Waals surface area contributed by atoms with Crippen LogP contribution in [0.25, 0.3) is 0 Å². The van der Waals surface area contributed by atoms with Crippen LogP contribution >= 0.6 is 15.9 Å². The molecule has 6 heteroatoms. The number of para-hydroxylation sites is 1. The molecule has 0 aromatic heterocycles. The van der Waals surface area contributed by atoms with Gasteiger partial charge in [0, 0.05) is 5.56 Å². The Balaban J connectivity index is 2.54. The van der Waals surface area contributed by atoms with E-state index in [9.17, 15) is 9.18 Å². The van der Waals surface area contributed by atoms with Crippen LogP contribution in [0.15, 0.2) is 46.9 Å². The van der Waals surface area contributed by atoms with E-state index in [1.807, 2.05) is 6.07 Å². The number of benzene rings is 2. The van der Waals surface area contributed by atoms with E-state index in [0.717, 1.165) is 6.07 Å². The van der Waals surface area contributed by atoms with Crippen molar-refractivity contribution in [1.82, 2.24) is 0 Å². The number of nitriles is 1. The lowest BCUT2D eigenvalue weighted by Gasteiger charge is -2.29. The lowest BCUT2D eigenvalue weighted by Crippen LogP contribution is -2.41. The number of ether oxygens (including phenoxy) is 2. The minimum Gasteiger partial charge on any atom is -0.470 e. The Kier molecular flexibility index (Phi) is 5.58. The van der Waals surface area contributed by atoms with Crippen molar-refractivity contribution in [3.05, 3.63) is 63.9 Å². The van der Waals surface area contributed by atoms with E-state index >= 15 is 0 Å². The molecule has 0 N–H and O–H groups in total. The smallest absolute Gasteiger partial charge is 0.355 e. The van der Waals surface area contributed by atoms with Gasteiger partial charge in [-0.3, -0.25) is 0 Å². The van der Waals surface area contributed by atoms with Crippen LogP contribution in [0.5, 0.6) is 5.75 Å². The third-order valence-electron chi connectivity index (χ3n) is 3.43. The van der Waals surface area contributed by atoms with Gasteiger partial charge in [-0.15, -0.1) is 0 Å². The van der Waals surface area contributed by atoms with Crippen molar-refractivity contribution in [2.24, 2.45) is 0 Å². The van der Waals surface area contributed by atoms with Gasteiger partial charge in [-0.1, -0.05) is 18.2 Å². The zero-order valence-corrected chi connectivity index (χ0v) is 14.8. The average molecular weight is 392 g/mol. The van der Waals surface area contributed by atoms with Crippen molar-refractivity contribution in [2.75, 3.05) is 6.61 Å². The Morgan fingerprint density at radius 2 is 2.04 bits per heavy atom. The molecule has 2 aromatic carbocycles. The van der Waals surface area contributed by atoms with E-state index in [2.05, 4.69) is 15.9 Å². The van der Waals surface area contributed by atoms with Gasteiger partial charge in [0.05, 0.1) is 22.7 Å². The maximum absolute atomic E-state index is 14.5. The lowest BCUT2D eigenvalue weighted by atomic mass is 9.94. The summed E-state index contributed by atoms with van der Waals surface area (Å²) >= 11 is 3.34. The minimum absolute atomic E-state index is 0.00398. The molecule has 2 rings (SSSR count). The van der Waals surface area contributed by atoms with Gasteiger partial charge < -0.3 is 9.47 Å². The highest BCUT2D eigenvalue weighted by atomic mass is 79.9. The van der Waals surface area contributed by atoms with Crippen LogP contribution in [0.3, 0.4) is 0 Å². The van der Waals surface area contributed by atoms with Gasteiger partial charge in [0.2, 0.25) is 5.60 Å². The fraction of sp³-hybridized carbons (Fsp3) is 0.222. The summed E-state index contributed by atoms with van der Waals surface area (Å²) in [6.07, 6.45) is 0. The Morgan fingerprint density at radius 1 is 1.33 bits per heavy atom. The molecule has 0 amide bonds. The van der Waals surface area contributed by atoms with Crippen LogP contribution in [0.1, 0.15) is 25.0 Å². The molecule has 0 bridgehead atoms. The molecule has 0 spiro atoms. The summed E-state index contributed by atoms with van der Waals surface area (Å²) in [7, 11) is 0. The highest BCUT2D eigenvalue weighted by Crippen LogP contribution is 2.35. The van der Waals surface area contributed by atoms with Crippen LogP contribution in [-0.2, 0) is 15.1 Å². The zero-order chi connectivity index (χ0) is 17.7. The minimum atomic E-state index is -1.70. The second-order valence-corrected chi connectivity index (χ2v) is 5.95. The number of hydrogen-bond acceptors (Lipinski definition) is 4. The maximum Gasteiger partial charge on any atom is 0.355 e. The normalized spacial score (nSPS) is 12.8. The van der Waals surface area contributed by atoms with E-state index in [1.165, 1.54) is 19.1 Å². The predicted molar refractivity (Wildman–Crippen MR) is 89.9 cm³/mol. The van der Waals surface area contributed by atoms with Gasteiger partial charge in [0.1, 0.15) is 11.6 Å². The van der Waals surface area contributed by atoms with Crippen molar-refractivity contribution in [3.63, 3.8) is 0 Å². The largest absolute Gasteiger partial charge is 0.470 e. The molecular formula is C18H15BrFNO3. The molecule has 2 aromatic rings. The van der Waals surface area contributed by atoms with E-state index < -0.39 is 17.4 Å². The highest BCUT2D eigenvalue weighted by Gasteiger charge is 2.42. The summed E-state index contributed by atoms with van der Waals surface area (Å²) < 4.78 is 26.0. The summed E-state index contributed by atoms with van der Waals surface area (Å²) in [6, 6.07) is 12.6. The van der Waals surface area contributed by atoms with E-state index in [4.69, 9.17) is 14.7 Å². The number of hydrogen-bond donors (Lipinski definition) is 0. The molecule has 0 radical (unpaired) electrons. The maximum atomic E-state index is 14.5. The van der Waals surface area contributed by atoms with E-state index in [1.54, 1.807) is 31.2 Å². The molecule has 1 unspecified atom stereocenters. The third kappa shape index (κ3) is 3.57. The first-order chi connectivity index (χ1) is 11.4. The Bertz CT molecular complexity index is 803. The monoisotopic (exact) mass is 391 g/mol. The van der Waals surface area contributed by atoms with Crippen molar-refractivity contribution >= 4 is 21.9 Å². The number of halogens is 2. The fourth-order valence-electron chi connectivity index (χ4n) is 2.19. The second-order valence-electron chi connectivity index (χ2n) is 5.09. The summed E-state index contributed by atoms with van der Waals surface area (Å²) in [6.45, 7) is 3.23. The average Bonchev–Trinajstić information content (AvgIpc) is 2.56. The first kappa shape index (κ1) is 18.0. The fourth-order valence-corrected chi connectivity index (χ4v) is 2.56. The number of carbonyl (C=O) groups excluding carboxylic acids is 1. The van der Waals surface area contributed by atoms with Gasteiger partial charge in [0.15, 0.2) is 0 Å². The van der Waals surface area contributed by atoms with Gasteiger partial charge in [-0.2, -0.15) is 5.26 Å². The number of nitrogens with zero attached hydrogens (tertiary/aromatic N) is 1. The summed E-state index contributed by atoms with van der Waals surface area (Å²) in [5.41, 5.74) is -1.54. The van der Waals surface area contributed by atoms with Crippen molar-refractivity contribution in [3.8, 4) is 11.8 Å². The van der Waals surface area contributed by atoms with Crippen molar-refractivity contribution < 1.29 is 18.7 Å². The SMILES string of the molecule is CCOC(=O)C(C)(Oc1ccccc1Br)c1ccc(C#N)cc1F. The predicted octanol–water partition coefficient (Wildman–Crippen LogP) is 4.32. The molecule has 0 aliphatic carbocycles. The summed E-state index contributed by atoms with van der Waals surface area (Å²) in [5, 5.41) is 8.87. The topological polar surface area (TPSA) is 59.3 Å². The first-order valence-electron chi connectivity index (χ1n) is 7.23. The summed E-state index contributed by atoms with van der Waals surface area (Å²) in [5.74, 6) is -1.06. The number of rotatable bonds is 5. The third-order valence-corrected chi connectivity index (χ3v) is 4.08. The Labute approximate surface area is 147 Å². The molecule has 0 fully saturated rings. The standard InChI is InChI=1S/C18H15BrFNO3/c1-3-23-17(22)18(2,24-16-7-5-4-6-14(16)19)13-9-8-12(11-21)10-15(13)20/h4-10H,3H2,1-2H3. The first-order valence-corrected chi connectivity index (χ1v) is 8.02. The molecule has 1 atom stereocenters. The van der Waals surface area contributed by atoms with E-state index in [-0.39, 0.29) is 17.7 Å². The zero-order valence-electron chi connectivity index (χ0n) is 13.2. The molecule has 0 aliphatic heterocycles. The number of carbonyl (C=O) groups is 1. The molecule has 0 heterocycles. The number of esters is 1.